The second-order valence-corrected chi connectivity index (χ2v) is 7.62. The molecule has 2 aromatic carbocycles. The Morgan fingerprint density at radius 3 is 2.14 bits per heavy atom. The molecule has 0 saturated carbocycles. The summed E-state index contributed by atoms with van der Waals surface area (Å²) in [6.45, 7) is 7.47. The fourth-order valence-corrected chi connectivity index (χ4v) is 2.82. The zero-order valence-corrected chi connectivity index (χ0v) is 17.0. The minimum absolute atomic E-state index is 0.0908. The van der Waals surface area contributed by atoms with E-state index in [1.807, 2.05) is 42.5 Å². The van der Waals surface area contributed by atoms with Crippen LogP contribution in [0.15, 0.2) is 54.6 Å². The molecule has 0 spiro atoms. The van der Waals surface area contributed by atoms with E-state index in [9.17, 15) is 9.59 Å². The Morgan fingerprint density at radius 2 is 1.57 bits per heavy atom. The quantitative estimate of drug-likeness (QED) is 0.701. The normalized spacial score (nSPS) is 12.1. The third-order valence-corrected chi connectivity index (χ3v) is 3.98. The molecule has 1 N–H and O–H groups in total. The van der Waals surface area contributed by atoms with Crippen molar-refractivity contribution in [1.82, 2.24) is 5.32 Å². The number of hydrogen-bond donors (Lipinski definition) is 1. The Morgan fingerprint density at radius 1 is 0.964 bits per heavy atom. The summed E-state index contributed by atoms with van der Waals surface area (Å²) < 4.78 is 10.4. The van der Waals surface area contributed by atoms with Crippen LogP contribution in [0.4, 0.5) is 4.79 Å². The van der Waals surface area contributed by atoms with Crippen LogP contribution in [0, 0.1) is 0 Å². The van der Waals surface area contributed by atoms with Crippen LogP contribution in [0.3, 0.4) is 0 Å². The highest BCUT2D eigenvalue weighted by molar-refractivity contribution is 5.73. The van der Waals surface area contributed by atoms with E-state index < -0.39 is 17.7 Å². The number of nitrogens with one attached hydrogen (secondary N) is 1. The van der Waals surface area contributed by atoms with E-state index in [2.05, 4.69) is 17.4 Å². The molecule has 0 saturated heterocycles. The van der Waals surface area contributed by atoms with Crippen LogP contribution < -0.4 is 5.32 Å². The highest BCUT2D eigenvalue weighted by atomic mass is 16.6. The van der Waals surface area contributed by atoms with Gasteiger partial charge in [0.05, 0.1) is 13.0 Å². The van der Waals surface area contributed by atoms with Crippen LogP contribution in [-0.4, -0.2) is 30.3 Å². The molecule has 0 bridgehead atoms. The Bertz CT molecular complexity index is 763. The first-order valence-electron chi connectivity index (χ1n) is 9.56. The van der Waals surface area contributed by atoms with Crippen molar-refractivity contribution in [3.8, 4) is 11.1 Å². The number of ether oxygens (including phenoxy) is 2. The molecule has 0 aliphatic rings. The minimum Gasteiger partial charge on any atom is -0.466 e. The van der Waals surface area contributed by atoms with Crippen LogP contribution in [0.2, 0.25) is 0 Å². The van der Waals surface area contributed by atoms with E-state index in [0.717, 1.165) is 16.7 Å². The molecular formula is C23H29NO4. The average Bonchev–Trinajstić information content (AvgIpc) is 2.61. The number of esters is 1. The van der Waals surface area contributed by atoms with Crippen LogP contribution in [-0.2, 0) is 20.7 Å². The Hall–Kier alpha value is -2.82. The first-order chi connectivity index (χ1) is 13.3. The molecule has 0 aromatic heterocycles. The molecule has 1 atom stereocenters. The van der Waals surface area contributed by atoms with Gasteiger partial charge in [0.1, 0.15) is 5.60 Å². The number of carbonyl (C=O) groups is 2. The van der Waals surface area contributed by atoms with E-state index in [0.29, 0.717) is 13.0 Å². The molecular weight excluding hydrogens is 354 g/mol. The maximum Gasteiger partial charge on any atom is 0.407 e. The van der Waals surface area contributed by atoms with Crippen molar-refractivity contribution >= 4 is 12.1 Å². The van der Waals surface area contributed by atoms with Gasteiger partial charge in [0.2, 0.25) is 0 Å². The lowest BCUT2D eigenvalue weighted by molar-refractivity contribution is -0.143. The summed E-state index contributed by atoms with van der Waals surface area (Å²) in [5.41, 5.74) is 2.68. The number of hydrogen-bond acceptors (Lipinski definition) is 4. The zero-order valence-electron chi connectivity index (χ0n) is 17.0. The molecule has 0 aliphatic carbocycles. The van der Waals surface area contributed by atoms with Gasteiger partial charge in [-0.3, -0.25) is 4.79 Å². The van der Waals surface area contributed by atoms with Crippen LogP contribution in [0.5, 0.6) is 0 Å². The van der Waals surface area contributed by atoms with Gasteiger partial charge < -0.3 is 14.8 Å². The predicted molar refractivity (Wildman–Crippen MR) is 110 cm³/mol. The van der Waals surface area contributed by atoms with Crippen molar-refractivity contribution in [3.63, 3.8) is 0 Å². The van der Waals surface area contributed by atoms with Gasteiger partial charge in [-0.05, 0) is 50.8 Å². The van der Waals surface area contributed by atoms with Crippen molar-refractivity contribution in [2.75, 3.05) is 6.61 Å². The summed E-state index contributed by atoms with van der Waals surface area (Å²) in [7, 11) is 0. The molecule has 28 heavy (non-hydrogen) atoms. The molecule has 5 heteroatoms. The van der Waals surface area contributed by atoms with Crippen molar-refractivity contribution in [1.29, 1.82) is 0 Å². The van der Waals surface area contributed by atoms with Gasteiger partial charge in [-0.2, -0.15) is 0 Å². The number of amides is 1. The number of benzene rings is 2. The lowest BCUT2D eigenvalue weighted by Gasteiger charge is -2.23. The summed E-state index contributed by atoms with van der Waals surface area (Å²) in [5.74, 6) is -0.343. The van der Waals surface area contributed by atoms with Gasteiger partial charge in [-0.25, -0.2) is 4.79 Å². The fraction of sp³-hybridized carbons (Fsp3) is 0.391. The van der Waals surface area contributed by atoms with Crippen LogP contribution in [0.1, 0.15) is 39.7 Å². The van der Waals surface area contributed by atoms with E-state index in [-0.39, 0.29) is 12.4 Å². The molecule has 0 heterocycles. The summed E-state index contributed by atoms with van der Waals surface area (Å²) in [6, 6.07) is 17.8. The van der Waals surface area contributed by atoms with E-state index in [4.69, 9.17) is 9.47 Å². The number of alkyl carbamates (subject to hydrolysis) is 1. The van der Waals surface area contributed by atoms with Gasteiger partial charge in [0.25, 0.3) is 0 Å². The van der Waals surface area contributed by atoms with Crippen LogP contribution in [0.25, 0.3) is 11.1 Å². The van der Waals surface area contributed by atoms with Gasteiger partial charge >= 0.3 is 12.1 Å². The van der Waals surface area contributed by atoms with Gasteiger partial charge in [0.15, 0.2) is 0 Å². The average molecular weight is 383 g/mol. The maximum atomic E-state index is 12.2. The van der Waals surface area contributed by atoms with E-state index in [1.165, 1.54) is 0 Å². The molecule has 1 amide bonds. The third-order valence-electron chi connectivity index (χ3n) is 3.98. The molecule has 2 rings (SSSR count). The Labute approximate surface area is 167 Å². The van der Waals surface area contributed by atoms with Crippen molar-refractivity contribution in [3.05, 3.63) is 60.2 Å². The lowest BCUT2D eigenvalue weighted by Crippen LogP contribution is -2.41. The second kappa shape index (κ2) is 9.93. The second-order valence-electron chi connectivity index (χ2n) is 7.62. The highest BCUT2D eigenvalue weighted by Gasteiger charge is 2.22. The van der Waals surface area contributed by atoms with E-state index >= 15 is 0 Å². The third kappa shape index (κ3) is 7.43. The SMILES string of the molecule is CCOC(=O)CC(Cc1ccc(-c2ccccc2)cc1)NC(=O)OC(C)(C)C. The molecule has 150 valence electrons. The Balaban J connectivity index is 2.07. The largest absolute Gasteiger partial charge is 0.466 e. The van der Waals surface area contributed by atoms with Gasteiger partial charge in [-0.15, -0.1) is 0 Å². The van der Waals surface area contributed by atoms with Crippen molar-refractivity contribution in [2.24, 2.45) is 0 Å². The Kier molecular flexibility index (Phi) is 7.61. The molecule has 0 aliphatic heterocycles. The number of rotatable bonds is 7. The smallest absolute Gasteiger partial charge is 0.407 e. The first kappa shape index (κ1) is 21.5. The topological polar surface area (TPSA) is 64.6 Å². The summed E-state index contributed by atoms with van der Waals surface area (Å²) in [5, 5.41) is 2.80. The minimum atomic E-state index is -0.601. The molecule has 0 fully saturated rings. The summed E-state index contributed by atoms with van der Waals surface area (Å²) in [6.07, 6.45) is 0.0587. The lowest BCUT2D eigenvalue weighted by atomic mass is 9.99. The molecule has 2 aromatic rings. The monoisotopic (exact) mass is 383 g/mol. The highest BCUT2D eigenvalue weighted by Crippen LogP contribution is 2.20. The molecule has 1 unspecified atom stereocenters. The van der Waals surface area contributed by atoms with Crippen molar-refractivity contribution < 1.29 is 19.1 Å². The predicted octanol–water partition coefficient (Wildman–Crippen LogP) is 4.74. The van der Waals surface area contributed by atoms with Gasteiger partial charge in [0, 0.05) is 6.04 Å². The van der Waals surface area contributed by atoms with Crippen molar-refractivity contribution in [2.45, 2.75) is 52.2 Å². The molecule has 5 nitrogen and oxygen atoms in total. The first-order valence-corrected chi connectivity index (χ1v) is 9.56. The number of carbonyl (C=O) groups excluding carboxylic acids is 2. The summed E-state index contributed by atoms with van der Waals surface area (Å²) in [4.78, 5) is 24.1. The maximum absolute atomic E-state index is 12.2. The molecule has 0 radical (unpaired) electrons. The van der Waals surface area contributed by atoms with E-state index in [1.54, 1.807) is 27.7 Å². The van der Waals surface area contributed by atoms with Crippen LogP contribution >= 0.6 is 0 Å². The van der Waals surface area contributed by atoms with Gasteiger partial charge in [-0.1, -0.05) is 54.6 Å². The summed E-state index contributed by atoms with van der Waals surface area (Å²) >= 11 is 0. The fourth-order valence-electron chi connectivity index (χ4n) is 2.82. The zero-order chi connectivity index (χ0) is 20.6. The standard InChI is InChI=1S/C23H29NO4/c1-5-27-21(25)16-20(24-22(26)28-23(2,3)4)15-17-11-13-19(14-12-17)18-9-7-6-8-10-18/h6-14,20H,5,15-16H2,1-4H3,(H,24,26).